The summed E-state index contributed by atoms with van der Waals surface area (Å²) in [5.41, 5.74) is 6.17. The third kappa shape index (κ3) is 7.55. The molecule has 0 saturated heterocycles. The number of carbonyl (C=O) groups excluding carboxylic acids is 3. The van der Waals surface area contributed by atoms with E-state index in [2.05, 4.69) is 20.1 Å². The summed E-state index contributed by atoms with van der Waals surface area (Å²) in [5.74, 6) is -1.30. The zero-order valence-corrected chi connectivity index (χ0v) is 15.5. The molecule has 0 unspecified atom stereocenters. The second kappa shape index (κ2) is 10.4. The van der Waals surface area contributed by atoms with Crippen molar-refractivity contribution < 1.29 is 31.6 Å². The standard InChI is InChI=1S/C14H21N5O7S/c1-3-6-11(19(4-2)14(22)18-26-27(23,24)25)13(21)17-16-12(20)10-7-5-8-15-9-10/h5,7-9,11H,3-4,6H2,1-2H3,(H,16,20)(H,17,21)(H,18,22)(H,23,24,25)/t11-/m0/s1. The van der Waals surface area contributed by atoms with Crippen LogP contribution in [0.2, 0.25) is 0 Å². The Bertz CT molecular complexity index is 756. The third-order valence-corrected chi connectivity index (χ3v) is 3.59. The van der Waals surface area contributed by atoms with Crippen molar-refractivity contribution in [2.45, 2.75) is 32.7 Å². The first-order chi connectivity index (χ1) is 12.7. The summed E-state index contributed by atoms with van der Waals surface area (Å²) in [5, 5.41) is 0. The summed E-state index contributed by atoms with van der Waals surface area (Å²) >= 11 is 0. The molecule has 13 heteroatoms. The van der Waals surface area contributed by atoms with Gasteiger partial charge in [0.25, 0.3) is 11.8 Å². The maximum Gasteiger partial charge on any atom is 0.418 e. The maximum absolute atomic E-state index is 12.4. The van der Waals surface area contributed by atoms with Gasteiger partial charge in [-0.05, 0) is 25.5 Å². The van der Waals surface area contributed by atoms with Crippen LogP contribution in [0.4, 0.5) is 4.79 Å². The van der Waals surface area contributed by atoms with Crippen LogP contribution < -0.4 is 16.3 Å². The quantitative estimate of drug-likeness (QED) is 0.341. The van der Waals surface area contributed by atoms with Gasteiger partial charge in [0.15, 0.2) is 0 Å². The number of pyridine rings is 1. The Morgan fingerprint density at radius 2 is 2.00 bits per heavy atom. The van der Waals surface area contributed by atoms with Crippen molar-refractivity contribution in [3.8, 4) is 0 Å². The van der Waals surface area contributed by atoms with Crippen molar-refractivity contribution in [3.05, 3.63) is 30.1 Å². The second-order valence-electron chi connectivity index (χ2n) is 5.19. The number of hydrogen-bond donors (Lipinski definition) is 4. The molecule has 4 N–H and O–H groups in total. The van der Waals surface area contributed by atoms with E-state index in [1.165, 1.54) is 23.9 Å². The minimum absolute atomic E-state index is 0.0231. The van der Waals surface area contributed by atoms with Gasteiger partial charge in [-0.15, -0.1) is 4.28 Å². The SMILES string of the molecule is CCC[C@@H](C(=O)NNC(=O)c1cccnc1)N(CC)C(=O)NOS(=O)(=O)O. The highest BCUT2D eigenvalue weighted by molar-refractivity contribution is 7.80. The van der Waals surface area contributed by atoms with E-state index in [4.69, 9.17) is 4.55 Å². The predicted octanol–water partition coefficient (Wildman–Crippen LogP) is -0.223. The maximum atomic E-state index is 12.4. The van der Waals surface area contributed by atoms with Crippen LogP contribution in [0.25, 0.3) is 0 Å². The van der Waals surface area contributed by atoms with Crippen LogP contribution in [0.1, 0.15) is 37.0 Å². The van der Waals surface area contributed by atoms with Gasteiger partial charge in [-0.2, -0.15) is 13.9 Å². The molecule has 1 rings (SSSR count). The molecule has 0 spiro atoms. The lowest BCUT2D eigenvalue weighted by Crippen LogP contribution is -2.56. The molecule has 1 atom stereocenters. The molecule has 1 aromatic heterocycles. The summed E-state index contributed by atoms with van der Waals surface area (Å²) in [7, 11) is -4.89. The van der Waals surface area contributed by atoms with E-state index in [1.54, 1.807) is 19.9 Å². The van der Waals surface area contributed by atoms with Gasteiger partial charge in [0.05, 0.1) is 5.56 Å². The van der Waals surface area contributed by atoms with E-state index >= 15 is 0 Å². The number of carbonyl (C=O) groups is 3. The van der Waals surface area contributed by atoms with E-state index < -0.39 is 34.3 Å². The predicted molar refractivity (Wildman–Crippen MR) is 92.1 cm³/mol. The normalized spacial score (nSPS) is 12.0. The molecular weight excluding hydrogens is 382 g/mol. The number of amides is 4. The topological polar surface area (TPSA) is 167 Å². The van der Waals surface area contributed by atoms with Crippen molar-refractivity contribution >= 4 is 28.2 Å². The number of hydroxylamine groups is 1. The fourth-order valence-electron chi connectivity index (χ4n) is 2.13. The van der Waals surface area contributed by atoms with Crippen molar-refractivity contribution in [1.29, 1.82) is 0 Å². The molecular formula is C14H21N5O7S. The van der Waals surface area contributed by atoms with Gasteiger partial charge in [-0.1, -0.05) is 13.3 Å². The van der Waals surface area contributed by atoms with Crippen molar-refractivity contribution in [2.75, 3.05) is 6.54 Å². The Morgan fingerprint density at radius 1 is 1.30 bits per heavy atom. The van der Waals surface area contributed by atoms with E-state index in [0.717, 1.165) is 4.90 Å². The van der Waals surface area contributed by atoms with Gasteiger partial charge < -0.3 is 4.90 Å². The second-order valence-corrected chi connectivity index (χ2v) is 6.22. The van der Waals surface area contributed by atoms with Crippen molar-refractivity contribution in [2.24, 2.45) is 0 Å². The van der Waals surface area contributed by atoms with E-state index in [9.17, 15) is 22.8 Å². The number of nitrogens with one attached hydrogen (secondary N) is 3. The molecule has 0 radical (unpaired) electrons. The van der Waals surface area contributed by atoms with E-state index in [-0.39, 0.29) is 18.5 Å². The third-order valence-electron chi connectivity index (χ3n) is 3.30. The Hall–Kier alpha value is -2.77. The van der Waals surface area contributed by atoms with Crippen LogP contribution in [0.5, 0.6) is 0 Å². The summed E-state index contributed by atoms with van der Waals surface area (Å²) < 4.78 is 33.4. The van der Waals surface area contributed by atoms with Gasteiger partial charge in [-0.3, -0.25) is 30.0 Å². The van der Waals surface area contributed by atoms with Crippen molar-refractivity contribution in [1.82, 2.24) is 26.2 Å². The fourth-order valence-corrected chi connectivity index (χ4v) is 2.30. The molecule has 27 heavy (non-hydrogen) atoms. The van der Waals surface area contributed by atoms with Gasteiger partial charge >= 0.3 is 16.4 Å². The minimum Gasteiger partial charge on any atom is -0.311 e. The summed E-state index contributed by atoms with van der Waals surface area (Å²) in [6.07, 6.45) is 3.53. The zero-order valence-electron chi connectivity index (χ0n) is 14.7. The Kier molecular flexibility index (Phi) is 8.58. The lowest BCUT2D eigenvalue weighted by Gasteiger charge is -2.29. The first kappa shape index (κ1) is 22.3. The number of hydrazine groups is 1. The van der Waals surface area contributed by atoms with Crippen LogP contribution in [-0.2, 0) is 19.5 Å². The smallest absolute Gasteiger partial charge is 0.311 e. The summed E-state index contributed by atoms with van der Waals surface area (Å²) in [6, 6.07) is 0.965. The van der Waals surface area contributed by atoms with Crippen LogP contribution in [-0.4, -0.2) is 53.3 Å². The number of urea groups is 1. The largest absolute Gasteiger partial charge is 0.418 e. The highest BCUT2D eigenvalue weighted by atomic mass is 32.3. The monoisotopic (exact) mass is 403 g/mol. The Balaban J connectivity index is 2.76. The number of likely N-dealkylation sites (N-methyl/N-ethyl adjacent to an activating group) is 1. The average molecular weight is 403 g/mol. The number of nitrogens with zero attached hydrogens (tertiary/aromatic N) is 2. The van der Waals surface area contributed by atoms with Crippen LogP contribution in [0.3, 0.4) is 0 Å². The zero-order chi connectivity index (χ0) is 20.4. The Labute approximate surface area is 156 Å². The van der Waals surface area contributed by atoms with Crippen LogP contribution >= 0.6 is 0 Å². The molecule has 0 fully saturated rings. The molecule has 1 aromatic rings. The molecule has 4 amide bonds. The number of aromatic nitrogens is 1. The Morgan fingerprint density at radius 3 is 2.52 bits per heavy atom. The highest BCUT2D eigenvalue weighted by Gasteiger charge is 2.29. The summed E-state index contributed by atoms with van der Waals surface area (Å²) in [4.78, 5) is 41.2. The lowest BCUT2D eigenvalue weighted by atomic mass is 10.1. The van der Waals surface area contributed by atoms with Crippen LogP contribution in [0, 0.1) is 0 Å². The molecule has 0 aromatic carbocycles. The highest BCUT2D eigenvalue weighted by Crippen LogP contribution is 2.08. The minimum atomic E-state index is -4.89. The molecule has 150 valence electrons. The van der Waals surface area contributed by atoms with E-state index in [1.807, 2.05) is 0 Å². The molecule has 0 saturated carbocycles. The number of hydrogen-bond acceptors (Lipinski definition) is 7. The van der Waals surface area contributed by atoms with E-state index in [0.29, 0.717) is 6.42 Å². The molecule has 0 aliphatic carbocycles. The molecule has 0 aliphatic heterocycles. The van der Waals surface area contributed by atoms with Gasteiger partial charge in [0.2, 0.25) is 0 Å². The van der Waals surface area contributed by atoms with Gasteiger partial charge in [0.1, 0.15) is 6.04 Å². The van der Waals surface area contributed by atoms with Gasteiger partial charge in [0, 0.05) is 18.9 Å². The molecule has 12 nitrogen and oxygen atoms in total. The first-order valence-corrected chi connectivity index (χ1v) is 9.28. The molecule has 1 heterocycles. The summed E-state index contributed by atoms with van der Waals surface area (Å²) in [6.45, 7) is 3.35. The van der Waals surface area contributed by atoms with Crippen molar-refractivity contribution in [3.63, 3.8) is 0 Å². The van der Waals surface area contributed by atoms with Gasteiger partial charge in [-0.25, -0.2) is 4.79 Å². The molecule has 0 bridgehead atoms. The fraction of sp³-hybridized carbons (Fsp3) is 0.429. The first-order valence-electron chi connectivity index (χ1n) is 7.92. The molecule has 0 aliphatic rings. The average Bonchev–Trinajstić information content (AvgIpc) is 2.64. The van der Waals surface area contributed by atoms with Crippen LogP contribution in [0.15, 0.2) is 24.5 Å². The number of rotatable bonds is 8. The lowest BCUT2D eigenvalue weighted by molar-refractivity contribution is -0.126.